The molecule has 0 aliphatic carbocycles. The van der Waals surface area contributed by atoms with Gasteiger partial charge in [0.1, 0.15) is 12.4 Å². The highest BCUT2D eigenvalue weighted by Gasteiger charge is 2.12. The lowest BCUT2D eigenvalue weighted by Crippen LogP contribution is -2.33. The van der Waals surface area contributed by atoms with Gasteiger partial charge in [0.05, 0.1) is 25.9 Å². The zero-order valence-corrected chi connectivity index (χ0v) is 11.3. The summed E-state index contributed by atoms with van der Waals surface area (Å²) in [7, 11) is 0. The molecular formula is C15H23NO3. The molecule has 1 heterocycles. The van der Waals surface area contributed by atoms with Crippen LogP contribution in [-0.2, 0) is 9.47 Å². The SMILES string of the molecule is c1ccc(OCCOCCOC2CCNCC2)cc1. The Morgan fingerprint density at radius 1 is 0.947 bits per heavy atom. The van der Waals surface area contributed by atoms with Crippen LogP contribution in [0.3, 0.4) is 0 Å². The van der Waals surface area contributed by atoms with Gasteiger partial charge in [-0.3, -0.25) is 0 Å². The van der Waals surface area contributed by atoms with E-state index in [1.54, 1.807) is 0 Å². The summed E-state index contributed by atoms with van der Waals surface area (Å²) in [6.45, 7) is 4.63. The van der Waals surface area contributed by atoms with Crippen LogP contribution < -0.4 is 10.1 Å². The van der Waals surface area contributed by atoms with Crippen molar-refractivity contribution in [2.45, 2.75) is 18.9 Å². The Bertz CT molecular complexity index is 325. The fourth-order valence-electron chi connectivity index (χ4n) is 2.07. The van der Waals surface area contributed by atoms with Crippen molar-refractivity contribution in [2.75, 3.05) is 39.5 Å². The normalized spacial score (nSPS) is 16.4. The monoisotopic (exact) mass is 265 g/mol. The predicted molar refractivity (Wildman–Crippen MR) is 74.6 cm³/mol. The first kappa shape index (κ1) is 14.3. The molecule has 2 rings (SSSR count). The zero-order valence-electron chi connectivity index (χ0n) is 11.3. The standard InChI is InChI=1S/C15H23NO3/c1-2-4-14(5-3-1)18-12-10-17-11-13-19-15-6-8-16-9-7-15/h1-5,15-16H,6-13H2. The molecule has 1 aromatic rings. The molecule has 1 aliphatic rings. The van der Waals surface area contributed by atoms with Gasteiger partial charge in [-0.15, -0.1) is 0 Å². The van der Waals surface area contributed by atoms with E-state index >= 15 is 0 Å². The van der Waals surface area contributed by atoms with Crippen molar-refractivity contribution in [2.24, 2.45) is 0 Å². The molecule has 0 radical (unpaired) electrons. The number of hydrogen-bond donors (Lipinski definition) is 1. The maximum Gasteiger partial charge on any atom is 0.119 e. The number of para-hydroxylation sites is 1. The summed E-state index contributed by atoms with van der Waals surface area (Å²) in [5.41, 5.74) is 0. The Morgan fingerprint density at radius 3 is 2.47 bits per heavy atom. The second-order valence-corrected chi connectivity index (χ2v) is 4.59. The van der Waals surface area contributed by atoms with Crippen LogP contribution >= 0.6 is 0 Å². The van der Waals surface area contributed by atoms with E-state index in [2.05, 4.69) is 5.32 Å². The van der Waals surface area contributed by atoms with Gasteiger partial charge in [-0.05, 0) is 38.1 Å². The average molecular weight is 265 g/mol. The summed E-state index contributed by atoms with van der Waals surface area (Å²) in [5, 5.41) is 3.32. The third kappa shape index (κ3) is 6.05. The number of hydrogen-bond acceptors (Lipinski definition) is 4. The lowest BCUT2D eigenvalue weighted by molar-refractivity contribution is -0.0115. The second kappa shape index (κ2) is 8.91. The van der Waals surface area contributed by atoms with Crippen molar-refractivity contribution < 1.29 is 14.2 Å². The molecule has 0 atom stereocenters. The van der Waals surface area contributed by atoms with E-state index < -0.39 is 0 Å². The third-order valence-electron chi connectivity index (χ3n) is 3.11. The van der Waals surface area contributed by atoms with Gasteiger partial charge in [0.15, 0.2) is 0 Å². The van der Waals surface area contributed by atoms with Crippen molar-refractivity contribution in [1.29, 1.82) is 0 Å². The molecular weight excluding hydrogens is 242 g/mol. The highest BCUT2D eigenvalue weighted by Crippen LogP contribution is 2.08. The molecule has 0 aromatic heterocycles. The summed E-state index contributed by atoms with van der Waals surface area (Å²) in [5.74, 6) is 0.886. The molecule has 4 heteroatoms. The molecule has 1 N–H and O–H groups in total. The van der Waals surface area contributed by atoms with Gasteiger partial charge < -0.3 is 19.5 Å². The van der Waals surface area contributed by atoms with Crippen LogP contribution in [0.15, 0.2) is 30.3 Å². The molecule has 1 aromatic carbocycles. The highest BCUT2D eigenvalue weighted by atomic mass is 16.5. The minimum Gasteiger partial charge on any atom is -0.491 e. The summed E-state index contributed by atoms with van der Waals surface area (Å²) in [4.78, 5) is 0. The van der Waals surface area contributed by atoms with Crippen molar-refractivity contribution in [3.8, 4) is 5.75 Å². The van der Waals surface area contributed by atoms with Crippen LogP contribution in [0.1, 0.15) is 12.8 Å². The van der Waals surface area contributed by atoms with Gasteiger partial charge in [0, 0.05) is 0 Å². The Morgan fingerprint density at radius 2 is 1.68 bits per heavy atom. The van der Waals surface area contributed by atoms with Crippen LogP contribution in [0.25, 0.3) is 0 Å². The van der Waals surface area contributed by atoms with Crippen molar-refractivity contribution >= 4 is 0 Å². The Labute approximate surface area is 115 Å². The van der Waals surface area contributed by atoms with Gasteiger partial charge in [-0.25, -0.2) is 0 Å². The molecule has 0 saturated carbocycles. The first-order chi connectivity index (χ1) is 9.45. The highest BCUT2D eigenvalue weighted by molar-refractivity contribution is 5.20. The van der Waals surface area contributed by atoms with Crippen LogP contribution in [0.5, 0.6) is 5.75 Å². The Hall–Kier alpha value is -1.10. The number of ether oxygens (including phenoxy) is 3. The van der Waals surface area contributed by atoms with Crippen LogP contribution in [-0.4, -0.2) is 45.6 Å². The predicted octanol–water partition coefficient (Wildman–Crippen LogP) is 1.85. The van der Waals surface area contributed by atoms with E-state index in [1.807, 2.05) is 30.3 Å². The van der Waals surface area contributed by atoms with Gasteiger partial charge in [-0.2, -0.15) is 0 Å². The summed E-state index contributed by atoms with van der Waals surface area (Å²) in [6.07, 6.45) is 2.62. The lowest BCUT2D eigenvalue weighted by Gasteiger charge is -2.22. The first-order valence-electron chi connectivity index (χ1n) is 7.03. The van der Waals surface area contributed by atoms with E-state index in [-0.39, 0.29) is 0 Å². The average Bonchev–Trinajstić information content (AvgIpc) is 2.48. The van der Waals surface area contributed by atoms with Crippen molar-refractivity contribution in [1.82, 2.24) is 5.32 Å². The van der Waals surface area contributed by atoms with Gasteiger partial charge in [0.2, 0.25) is 0 Å². The van der Waals surface area contributed by atoms with E-state index in [4.69, 9.17) is 14.2 Å². The van der Waals surface area contributed by atoms with E-state index in [1.165, 1.54) is 0 Å². The maximum absolute atomic E-state index is 5.74. The maximum atomic E-state index is 5.74. The smallest absolute Gasteiger partial charge is 0.119 e. The molecule has 19 heavy (non-hydrogen) atoms. The lowest BCUT2D eigenvalue weighted by atomic mass is 10.1. The van der Waals surface area contributed by atoms with Crippen LogP contribution in [0.2, 0.25) is 0 Å². The van der Waals surface area contributed by atoms with Gasteiger partial charge in [-0.1, -0.05) is 18.2 Å². The van der Waals surface area contributed by atoms with Gasteiger partial charge in [0.25, 0.3) is 0 Å². The van der Waals surface area contributed by atoms with E-state index in [0.29, 0.717) is 32.5 Å². The number of rotatable bonds is 8. The molecule has 4 nitrogen and oxygen atoms in total. The minimum absolute atomic E-state index is 0.408. The number of benzene rings is 1. The van der Waals surface area contributed by atoms with Crippen LogP contribution in [0.4, 0.5) is 0 Å². The third-order valence-corrected chi connectivity index (χ3v) is 3.11. The summed E-state index contributed by atoms with van der Waals surface area (Å²) < 4.78 is 16.8. The van der Waals surface area contributed by atoms with Crippen molar-refractivity contribution in [3.05, 3.63) is 30.3 Å². The first-order valence-corrected chi connectivity index (χ1v) is 7.03. The molecule has 1 saturated heterocycles. The summed E-state index contributed by atoms with van der Waals surface area (Å²) >= 11 is 0. The van der Waals surface area contributed by atoms with E-state index in [0.717, 1.165) is 31.7 Å². The molecule has 106 valence electrons. The minimum atomic E-state index is 0.408. The van der Waals surface area contributed by atoms with Crippen LogP contribution in [0, 0.1) is 0 Å². The molecule has 0 unspecified atom stereocenters. The molecule has 1 fully saturated rings. The Kier molecular flexibility index (Phi) is 6.71. The zero-order chi connectivity index (χ0) is 13.2. The number of nitrogens with one attached hydrogen (secondary N) is 1. The molecule has 0 bridgehead atoms. The number of piperidine rings is 1. The van der Waals surface area contributed by atoms with E-state index in [9.17, 15) is 0 Å². The second-order valence-electron chi connectivity index (χ2n) is 4.59. The largest absolute Gasteiger partial charge is 0.491 e. The fraction of sp³-hybridized carbons (Fsp3) is 0.600. The summed E-state index contributed by atoms with van der Waals surface area (Å²) in [6, 6.07) is 9.79. The van der Waals surface area contributed by atoms with Crippen molar-refractivity contribution in [3.63, 3.8) is 0 Å². The molecule has 0 amide bonds. The topological polar surface area (TPSA) is 39.7 Å². The fourth-order valence-corrected chi connectivity index (χ4v) is 2.07. The molecule has 1 aliphatic heterocycles. The van der Waals surface area contributed by atoms with Gasteiger partial charge >= 0.3 is 0 Å². The quantitative estimate of drug-likeness (QED) is 0.728. The molecule has 0 spiro atoms. The Balaban J connectivity index is 1.42.